The van der Waals surface area contributed by atoms with Crippen LogP contribution in [0.2, 0.25) is 0 Å². The van der Waals surface area contributed by atoms with Gasteiger partial charge in [-0.25, -0.2) is 0 Å². The Bertz CT molecular complexity index is 627. The number of hydrogen-bond acceptors (Lipinski definition) is 3. The zero-order valence-corrected chi connectivity index (χ0v) is 14.9. The molecule has 24 heavy (non-hydrogen) atoms. The highest BCUT2D eigenvalue weighted by Gasteiger charge is 2.24. The molecular formula is C20H26ClNO2. The number of ether oxygens (including phenoxy) is 2. The van der Waals surface area contributed by atoms with Crippen molar-refractivity contribution in [2.24, 2.45) is 11.7 Å². The molecule has 1 atom stereocenters. The number of benzene rings is 2. The summed E-state index contributed by atoms with van der Waals surface area (Å²) in [5, 5.41) is 0. The molecule has 0 aromatic heterocycles. The third-order valence-electron chi connectivity index (χ3n) is 4.72. The van der Waals surface area contributed by atoms with Gasteiger partial charge < -0.3 is 15.2 Å². The second-order valence-corrected chi connectivity index (χ2v) is 6.25. The van der Waals surface area contributed by atoms with Crippen LogP contribution >= 0.6 is 12.4 Å². The monoisotopic (exact) mass is 347 g/mol. The van der Waals surface area contributed by atoms with Gasteiger partial charge in [0.05, 0.1) is 7.11 Å². The highest BCUT2D eigenvalue weighted by atomic mass is 35.5. The van der Waals surface area contributed by atoms with Crippen molar-refractivity contribution in [3.63, 3.8) is 0 Å². The Morgan fingerprint density at radius 2 is 1.75 bits per heavy atom. The highest BCUT2D eigenvalue weighted by Crippen LogP contribution is 2.37. The predicted molar refractivity (Wildman–Crippen MR) is 99.9 cm³/mol. The molecule has 1 aliphatic rings. The van der Waals surface area contributed by atoms with Crippen molar-refractivity contribution in [1.82, 2.24) is 0 Å². The van der Waals surface area contributed by atoms with E-state index in [1.165, 1.54) is 25.7 Å². The van der Waals surface area contributed by atoms with Crippen LogP contribution in [-0.2, 0) is 6.61 Å². The average Bonchev–Trinajstić information content (AvgIpc) is 3.14. The molecule has 1 aliphatic carbocycles. The summed E-state index contributed by atoms with van der Waals surface area (Å²) in [6, 6.07) is 16.3. The number of halogens is 1. The molecule has 4 heteroatoms. The summed E-state index contributed by atoms with van der Waals surface area (Å²) in [6.45, 7) is 0.533. The van der Waals surface area contributed by atoms with Gasteiger partial charge in [0, 0.05) is 6.04 Å². The molecule has 3 rings (SSSR count). The summed E-state index contributed by atoms with van der Waals surface area (Å²) >= 11 is 0. The Morgan fingerprint density at radius 3 is 2.42 bits per heavy atom. The second kappa shape index (κ2) is 8.95. The molecule has 2 aromatic rings. The normalized spacial score (nSPS) is 15.6. The minimum atomic E-state index is 0. The molecule has 2 N–H and O–H groups in total. The van der Waals surface area contributed by atoms with E-state index in [2.05, 4.69) is 18.2 Å². The lowest BCUT2D eigenvalue weighted by Crippen LogP contribution is -2.19. The molecule has 0 aliphatic heterocycles. The first-order chi connectivity index (χ1) is 11.3. The second-order valence-electron chi connectivity index (χ2n) is 6.25. The van der Waals surface area contributed by atoms with Crippen LogP contribution in [0.25, 0.3) is 0 Å². The Morgan fingerprint density at radius 1 is 1.04 bits per heavy atom. The van der Waals surface area contributed by atoms with Gasteiger partial charge in [-0.3, -0.25) is 0 Å². The minimum Gasteiger partial charge on any atom is -0.493 e. The lowest BCUT2D eigenvalue weighted by Gasteiger charge is -2.20. The molecule has 1 fully saturated rings. The van der Waals surface area contributed by atoms with Gasteiger partial charge in [0.15, 0.2) is 11.5 Å². The largest absolute Gasteiger partial charge is 0.493 e. The SMILES string of the molecule is COc1cc([C@@H](N)C2CCCC2)ccc1OCc1ccccc1.Cl. The smallest absolute Gasteiger partial charge is 0.161 e. The molecule has 0 saturated heterocycles. The van der Waals surface area contributed by atoms with E-state index < -0.39 is 0 Å². The van der Waals surface area contributed by atoms with Crippen molar-refractivity contribution in [2.75, 3.05) is 7.11 Å². The third-order valence-corrected chi connectivity index (χ3v) is 4.72. The first kappa shape index (κ1) is 18.6. The van der Waals surface area contributed by atoms with E-state index in [0.717, 1.165) is 22.6 Å². The first-order valence-corrected chi connectivity index (χ1v) is 8.38. The summed E-state index contributed by atoms with van der Waals surface area (Å²) in [7, 11) is 1.68. The number of methoxy groups -OCH3 is 1. The third kappa shape index (κ3) is 4.43. The maximum atomic E-state index is 6.44. The van der Waals surface area contributed by atoms with Crippen molar-refractivity contribution in [3.8, 4) is 11.5 Å². The van der Waals surface area contributed by atoms with Crippen LogP contribution in [0.15, 0.2) is 48.5 Å². The summed E-state index contributed by atoms with van der Waals surface area (Å²) in [5.41, 5.74) is 8.72. The van der Waals surface area contributed by atoms with Crippen LogP contribution in [0, 0.1) is 5.92 Å². The van der Waals surface area contributed by atoms with Gasteiger partial charge in [0.25, 0.3) is 0 Å². The van der Waals surface area contributed by atoms with Gasteiger partial charge in [-0.2, -0.15) is 0 Å². The van der Waals surface area contributed by atoms with Crippen molar-refractivity contribution in [3.05, 3.63) is 59.7 Å². The maximum Gasteiger partial charge on any atom is 0.161 e. The van der Waals surface area contributed by atoms with Crippen LogP contribution in [0.1, 0.15) is 42.9 Å². The maximum absolute atomic E-state index is 6.44. The number of hydrogen-bond donors (Lipinski definition) is 1. The molecule has 1 saturated carbocycles. The molecule has 0 heterocycles. The first-order valence-electron chi connectivity index (χ1n) is 8.38. The zero-order valence-electron chi connectivity index (χ0n) is 14.1. The van der Waals surface area contributed by atoms with Crippen LogP contribution in [-0.4, -0.2) is 7.11 Å². The zero-order chi connectivity index (χ0) is 16.1. The summed E-state index contributed by atoms with van der Waals surface area (Å²) in [4.78, 5) is 0. The van der Waals surface area contributed by atoms with Gasteiger partial charge in [0.1, 0.15) is 6.61 Å². The Kier molecular flexibility index (Phi) is 6.95. The summed E-state index contributed by atoms with van der Waals surface area (Å²) in [6.07, 6.45) is 5.06. The minimum absolute atomic E-state index is 0. The molecule has 0 amide bonds. The van der Waals surface area contributed by atoms with E-state index >= 15 is 0 Å². The summed E-state index contributed by atoms with van der Waals surface area (Å²) < 4.78 is 11.4. The topological polar surface area (TPSA) is 44.5 Å². The quantitative estimate of drug-likeness (QED) is 0.809. The van der Waals surface area contributed by atoms with E-state index in [0.29, 0.717) is 12.5 Å². The molecular weight excluding hydrogens is 322 g/mol. The van der Waals surface area contributed by atoms with Gasteiger partial charge in [-0.15, -0.1) is 12.4 Å². The fourth-order valence-electron chi connectivity index (χ4n) is 3.33. The van der Waals surface area contributed by atoms with Crippen LogP contribution in [0.3, 0.4) is 0 Å². The fourth-order valence-corrected chi connectivity index (χ4v) is 3.33. The van der Waals surface area contributed by atoms with E-state index in [9.17, 15) is 0 Å². The van der Waals surface area contributed by atoms with Gasteiger partial charge >= 0.3 is 0 Å². The van der Waals surface area contributed by atoms with Gasteiger partial charge in [0.2, 0.25) is 0 Å². The summed E-state index contributed by atoms with van der Waals surface area (Å²) in [5.74, 6) is 2.11. The average molecular weight is 348 g/mol. The standard InChI is InChI=1S/C20H25NO2.ClH/c1-22-19-13-17(20(21)16-9-5-6-10-16)11-12-18(19)23-14-15-7-3-2-4-8-15;/h2-4,7-8,11-13,16,20H,5-6,9-10,14,21H2,1H3;1H/t20-;/m0./s1. The lowest BCUT2D eigenvalue weighted by atomic mass is 9.92. The Hall–Kier alpha value is -1.71. The van der Waals surface area contributed by atoms with E-state index in [1.807, 2.05) is 30.3 Å². The molecule has 2 aromatic carbocycles. The Labute approximate surface area is 150 Å². The molecule has 0 spiro atoms. The molecule has 0 radical (unpaired) electrons. The molecule has 0 unspecified atom stereocenters. The van der Waals surface area contributed by atoms with E-state index in [1.54, 1.807) is 7.11 Å². The fraction of sp³-hybridized carbons (Fsp3) is 0.400. The van der Waals surface area contributed by atoms with Crippen molar-refractivity contribution < 1.29 is 9.47 Å². The van der Waals surface area contributed by atoms with Crippen LogP contribution < -0.4 is 15.2 Å². The number of rotatable bonds is 6. The predicted octanol–water partition coefficient (Wildman–Crippen LogP) is 4.89. The van der Waals surface area contributed by atoms with Crippen molar-refractivity contribution in [1.29, 1.82) is 0 Å². The van der Waals surface area contributed by atoms with E-state index in [-0.39, 0.29) is 18.4 Å². The highest BCUT2D eigenvalue weighted by molar-refractivity contribution is 5.85. The van der Waals surface area contributed by atoms with Crippen LogP contribution in [0.4, 0.5) is 0 Å². The molecule has 3 nitrogen and oxygen atoms in total. The molecule has 130 valence electrons. The number of nitrogens with two attached hydrogens (primary N) is 1. The van der Waals surface area contributed by atoms with Gasteiger partial charge in [-0.05, 0) is 42.0 Å². The Balaban J connectivity index is 0.00000208. The van der Waals surface area contributed by atoms with Crippen molar-refractivity contribution in [2.45, 2.75) is 38.3 Å². The van der Waals surface area contributed by atoms with Gasteiger partial charge in [-0.1, -0.05) is 49.2 Å². The molecule has 0 bridgehead atoms. The van der Waals surface area contributed by atoms with Crippen molar-refractivity contribution >= 4 is 12.4 Å². The lowest BCUT2D eigenvalue weighted by molar-refractivity contribution is 0.284. The van der Waals surface area contributed by atoms with Crippen LogP contribution in [0.5, 0.6) is 11.5 Å². The van der Waals surface area contributed by atoms with E-state index in [4.69, 9.17) is 15.2 Å².